The van der Waals surface area contributed by atoms with E-state index >= 15 is 0 Å². The molecule has 0 aliphatic carbocycles. The minimum atomic E-state index is 0.884. The zero-order valence-electron chi connectivity index (χ0n) is 7.68. The van der Waals surface area contributed by atoms with Crippen molar-refractivity contribution in [2.75, 3.05) is 6.61 Å². The van der Waals surface area contributed by atoms with Crippen LogP contribution in [0.1, 0.15) is 17.5 Å². The zero-order valence-corrected chi connectivity index (χ0v) is 7.68. The van der Waals surface area contributed by atoms with E-state index in [1.54, 1.807) is 0 Å². The monoisotopic (exact) mass is 160 g/mol. The highest BCUT2D eigenvalue weighted by Gasteiger charge is 2.10. The zero-order chi connectivity index (χ0) is 8.55. The van der Waals surface area contributed by atoms with Crippen LogP contribution >= 0.6 is 0 Å². The maximum atomic E-state index is 5.56. The summed E-state index contributed by atoms with van der Waals surface area (Å²) in [6, 6.07) is 4.41. The van der Waals surface area contributed by atoms with Crippen LogP contribution in [0, 0.1) is 6.92 Å². The van der Waals surface area contributed by atoms with E-state index in [2.05, 4.69) is 26.9 Å². The molecule has 0 saturated heterocycles. The quantitative estimate of drug-likeness (QED) is 0.504. The van der Waals surface area contributed by atoms with Crippen molar-refractivity contribution < 1.29 is 4.74 Å². The maximum absolute atomic E-state index is 5.56. The summed E-state index contributed by atoms with van der Waals surface area (Å²) in [7, 11) is 2.16. The lowest BCUT2D eigenvalue weighted by Gasteiger charge is -2.18. The molecule has 12 heavy (non-hydrogen) atoms. The molecule has 1 aliphatic rings. The van der Waals surface area contributed by atoms with Crippen LogP contribution in [0.15, 0.2) is 12.1 Å². The van der Waals surface area contributed by atoms with Crippen LogP contribution in [0.25, 0.3) is 0 Å². The van der Waals surface area contributed by atoms with Crippen molar-refractivity contribution in [2.45, 2.75) is 19.8 Å². The normalized spacial score (nSPS) is 15.1. The van der Waals surface area contributed by atoms with E-state index in [0.29, 0.717) is 0 Å². The summed E-state index contributed by atoms with van der Waals surface area (Å²) in [6.07, 6.45) is 2.34. The first-order chi connectivity index (χ1) is 5.77. The van der Waals surface area contributed by atoms with Crippen LogP contribution in [0.3, 0.4) is 0 Å². The average Bonchev–Trinajstić information content (AvgIpc) is 2.07. The summed E-state index contributed by atoms with van der Waals surface area (Å²) >= 11 is 0. The van der Waals surface area contributed by atoms with Gasteiger partial charge in [-0.15, -0.1) is 0 Å². The van der Waals surface area contributed by atoms with Gasteiger partial charge in [-0.2, -0.15) is 0 Å². The second-order valence-electron chi connectivity index (χ2n) is 3.50. The summed E-state index contributed by atoms with van der Waals surface area (Å²) in [5.41, 5.74) is 4.08. The number of hydrogen-bond acceptors (Lipinski definition) is 1. The summed E-state index contributed by atoms with van der Waals surface area (Å²) < 4.78 is 5.56. The van der Waals surface area contributed by atoms with Crippen LogP contribution in [0.4, 0.5) is 0 Å². The molecule has 0 amide bonds. The van der Waals surface area contributed by atoms with Crippen LogP contribution in [0.2, 0.25) is 0 Å². The van der Waals surface area contributed by atoms with Gasteiger partial charge in [0.1, 0.15) is 13.6 Å². The van der Waals surface area contributed by atoms with Gasteiger partial charge in [-0.25, -0.2) is 0 Å². The molecule has 1 heterocycles. The van der Waals surface area contributed by atoms with Gasteiger partial charge in [-0.1, -0.05) is 17.1 Å². The highest BCUT2D eigenvalue weighted by molar-refractivity contribution is 6.33. The second-order valence-corrected chi connectivity index (χ2v) is 3.50. The number of aryl methyl sites for hydroxylation is 2. The summed E-state index contributed by atoms with van der Waals surface area (Å²) in [5, 5.41) is 0. The number of benzene rings is 1. The lowest BCUT2D eigenvalue weighted by atomic mass is 9.88. The Balaban J connectivity index is 2.49. The van der Waals surface area contributed by atoms with E-state index in [1.807, 2.05) is 0 Å². The van der Waals surface area contributed by atoms with E-state index in [1.165, 1.54) is 23.0 Å². The highest BCUT2D eigenvalue weighted by atomic mass is 16.5. The van der Waals surface area contributed by atoms with Crippen LogP contribution < -0.4 is 10.2 Å². The lowest BCUT2D eigenvalue weighted by molar-refractivity contribution is 0.288. The van der Waals surface area contributed by atoms with Crippen molar-refractivity contribution in [1.29, 1.82) is 0 Å². The first-order valence-corrected chi connectivity index (χ1v) is 4.50. The average molecular weight is 160 g/mol. The third-order valence-corrected chi connectivity index (χ3v) is 2.52. The standard InChI is InChI=1S/C10H13BO/c1-7-5-10-8(6-9(7)11)3-2-4-12-10/h5-6H,2-4,11H2,1H3. The number of hydrogen-bond donors (Lipinski definition) is 0. The Morgan fingerprint density at radius 2 is 2.25 bits per heavy atom. The molecule has 62 valence electrons. The molecule has 1 aliphatic heterocycles. The SMILES string of the molecule is Bc1cc2c(cc1C)OCCC2. The van der Waals surface area contributed by atoms with Crippen molar-refractivity contribution in [1.82, 2.24) is 0 Å². The van der Waals surface area contributed by atoms with Crippen molar-refractivity contribution in [3.8, 4) is 5.75 Å². The molecule has 0 bridgehead atoms. The minimum Gasteiger partial charge on any atom is -0.493 e. The largest absolute Gasteiger partial charge is 0.493 e. The van der Waals surface area contributed by atoms with Crippen molar-refractivity contribution in [3.63, 3.8) is 0 Å². The Labute approximate surface area is 74.2 Å². The van der Waals surface area contributed by atoms with Crippen molar-refractivity contribution in [3.05, 3.63) is 23.3 Å². The molecule has 0 saturated carbocycles. The molecule has 0 atom stereocenters. The predicted molar refractivity (Wildman–Crippen MR) is 53.2 cm³/mol. The Hall–Kier alpha value is -0.915. The number of ether oxygens (including phenoxy) is 1. The van der Waals surface area contributed by atoms with Gasteiger partial charge in [0.05, 0.1) is 6.61 Å². The van der Waals surface area contributed by atoms with Gasteiger partial charge < -0.3 is 4.74 Å². The molecule has 2 rings (SSSR count). The Morgan fingerprint density at radius 3 is 3.08 bits per heavy atom. The van der Waals surface area contributed by atoms with E-state index < -0.39 is 0 Å². The van der Waals surface area contributed by atoms with Gasteiger partial charge in [0.2, 0.25) is 0 Å². The third kappa shape index (κ3) is 1.22. The van der Waals surface area contributed by atoms with Crippen LogP contribution in [0.5, 0.6) is 5.75 Å². The molecule has 0 spiro atoms. The molecular formula is C10H13BO. The van der Waals surface area contributed by atoms with E-state index in [-0.39, 0.29) is 0 Å². The summed E-state index contributed by atoms with van der Waals surface area (Å²) in [5.74, 6) is 1.10. The molecule has 0 N–H and O–H groups in total. The molecule has 0 unspecified atom stereocenters. The first kappa shape index (κ1) is 7.72. The van der Waals surface area contributed by atoms with Gasteiger partial charge >= 0.3 is 0 Å². The molecule has 0 radical (unpaired) electrons. The van der Waals surface area contributed by atoms with E-state index in [0.717, 1.165) is 18.8 Å². The Bertz CT molecular complexity index is 276. The fraction of sp³-hybridized carbons (Fsp3) is 0.400. The van der Waals surface area contributed by atoms with Gasteiger partial charge in [-0.05, 0) is 31.4 Å². The van der Waals surface area contributed by atoms with Crippen molar-refractivity contribution in [2.24, 2.45) is 0 Å². The number of fused-ring (bicyclic) bond motifs is 1. The molecule has 1 aromatic rings. The van der Waals surface area contributed by atoms with Gasteiger partial charge in [-0.3, -0.25) is 0 Å². The molecule has 0 aromatic heterocycles. The summed E-state index contributed by atoms with van der Waals surface area (Å²) in [4.78, 5) is 0. The Morgan fingerprint density at radius 1 is 1.42 bits per heavy atom. The first-order valence-electron chi connectivity index (χ1n) is 4.50. The molecule has 0 fully saturated rings. The van der Waals surface area contributed by atoms with Gasteiger partial charge in [0.25, 0.3) is 0 Å². The Kier molecular flexibility index (Phi) is 1.83. The third-order valence-electron chi connectivity index (χ3n) is 2.52. The smallest absolute Gasteiger partial charge is 0.139 e. The molecule has 1 nitrogen and oxygen atoms in total. The lowest BCUT2D eigenvalue weighted by Crippen LogP contribution is -2.14. The molecular weight excluding hydrogens is 147 g/mol. The number of rotatable bonds is 0. The highest BCUT2D eigenvalue weighted by Crippen LogP contribution is 2.24. The molecule has 2 heteroatoms. The maximum Gasteiger partial charge on any atom is 0.139 e. The minimum absolute atomic E-state index is 0.884. The summed E-state index contributed by atoms with van der Waals surface area (Å²) in [6.45, 7) is 3.02. The van der Waals surface area contributed by atoms with Crippen molar-refractivity contribution >= 4 is 13.3 Å². The topological polar surface area (TPSA) is 9.23 Å². The fourth-order valence-corrected chi connectivity index (χ4v) is 1.62. The van der Waals surface area contributed by atoms with E-state index in [4.69, 9.17) is 4.74 Å². The second kappa shape index (κ2) is 2.85. The van der Waals surface area contributed by atoms with Crippen LogP contribution in [-0.4, -0.2) is 14.5 Å². The fourth-order valence-electron chi connectivity index (χ4n) is 1.62. The molecule has 1 aromatic carbocycles. The predicted octanol–water partition coefficient (Wildman–Crippen LogP) is 0.578. The van der Waals surface area contributed by atoms with Gasteiger partial charge in [0.15, 0.2) is 0 Å². The van der Waals surface area contributed by atoms with E-state index in [9.17, 15) is 0 Å². The van der Waals surface area contributed by atoms with Gasteiger partial charge in [0, 0.05) is 0 Å². The van der Waals surface area contributed by atoms with Crippen LogP contribution in [-0.2, 0) is 6.42 Å².